The summed E-state index contributed by atoms with van der Waals surface area (Å²) in [7, 11) is 0. The van der Waals surface area contributed by atoms with Gasteiger partial charge in [0.25, 0.3) is 5.91 Å². The maximum Gasteiger partial charge on any atom is 0.289 e. The van der Waals surface area contributed by atoms with Crippen LogP contribution in [0.4, 0.5) is 0 Å². The smallest absolute Gasteiger partial charge is 0.289 e. The van der Waals surface area contributed by atoms with Gasteiger partial charge in [-0.15, -0.1) is 0 Å². The van der Waals surface area contributed by atoms with Crippen LogP contribution in [0.25, 0.3) is 21.7 Å². The van der Waals surface area contributed by atoms with Gasteiger partial charge < -0.3 is 4.74 Å². The number of rotatable bonds is 5. The van der Waals surface area contributed by atoms with Crippen molar-refractivity contribution in [1.29, 1.82) is 0 Å². The van der Waals surface area contributed by atoms with Crippen LogP contribution in [-0.4, -0.2) is 23.7 Å². The Labute approximate surface area is 162 Å². The Morgan fingerprint density at radius 3 is 2.61 bits per heavy atom. The highest BCUT2D eigenvalue weighted by atomic mass is 16.5. The van der Waals surface area contributed by atoms with Crippen molar-refractivity contribution in [3.63, 3.8) is 0 Å². The van der Waals surface area contributed by atoms with Gasteiger partial charge in [-0.25, -0.2) is 10.4 Å². The van der Waals surface area contributed by atoms with Gasteiger partial charge in [-0.05, 0) is 35.9 Å². The van der Waals surface area contributed by atoms with E-state index in [1.165, 1.54) is 0 Å². The first-order valence-corrected chi connectivity index (χ1v) is 9.10. The van der Waals surface area contributed by atoms with E-state index in [2.05, 4.69) is 15.5 Å². The first-order chi connectivity index (χ1) is 13.8. The first-order valence-electron chi connectivity index (χ1n) is 9.10. The number of nitrogens with zero attached hydrogens (tertiary/aromatic N) is 2. The number of fused-ring (bicyclic) bond motifs is 2. The molecule has 0 bridgehead atoms. The van der Waals surface area contributed by atoms with Gasteiger partial charge in [0.15, 0.2) is 0 Å². The summed E-state index contributed by atoms with van der Waals surface area (Å²) in [6.45, 7) is 2.48. The molecule has 1 aromatic heterocycles. The van der Waals surface area contributed by atoms with E-state index in [-0.39, 0.29) is 5.91 Å². The number of aromatic nitrogens is 1. The summed E-state index contributed by atoms with van der Waals surface area (Å²) in [5, 5.41) is 7.22. The maximum absolute atomic E-state index is 12.4. The minimum atomic E-state index is -0.361. The Kier molecular flexibility index (Phi) is 4.97. The lowest BCUT2D eigenvalue weighted by molar-refractivity contribution is 0.0950. The number of hydrazone groups is 1. The summed E-state index contributed by atoms with van der Waals surface area (Å²) in [6.07, 6.45) is 1.62. The molecule has 0 saturated carbocycles. The lowest BCUT2D eigenvalue weighted by atomic mass is 10.0. The molecule has 0 atom stereocenters. The molecule has 1 amide bonds. The Hall–Kier alpha value is -3.73. The topological polar surface area (TPSA) is 63.6 Å². The average Bonchev–Trinajstić information content (AvgIpc) is 2.74. The van der Waals surface area contributed by atoms with Crippen molar-refractivity contribution in [2.24, 2.45) is 5.10 Å². The number of pyridine rings is 1. The maximum atomic E-state index is 12.4. The summed E-state index contributed by atoms with van der Waals surface area (Å²) in [4.78, 5) is 16.8. The summed E-state index contributed by atoms with van der Waals surface area (Å²) in [6, 6.07) is 23.1. The van der Waals surface area contributed by atoms with Crippen molar-refractivity contribution in [1.82, 2.24) is 10.4 Å². The molecule has 1 N–H and O–H groups in total. The number of amides is 1. The lowest BCUT2D eigenvalue weighted by Gasteiger charge is -2.10. The van der Waals surface area contributed by atoms with E-state index in [4.69, 9.17) is 4.74 Å². The molecule has 5 nitrogen and oxygen atoms in total. The number of benzene rings is 3. The summed E-state index contributed by atoms with van der Waals surface area (Å²) < 4.78 is 5.72. The SMILES string of the molecule is CCOc1ccc2ccccc2c1/C=N/NC(=O)c1ccc2ccccc2n1. The minimum absolute atomic E-state index is 0.318. The van der Waals surface area contributed by atoms with Gasteiger partial charge in [0.05, 0.1) is 18.3 Å². The molecule has 0 radical (unpaired) electrons. The molecule has 0 spiro atoms. The molecule has 5 heteroatoms. The van der Waals surface area contributed by atoms with Crippen LogP contribution in [0.15, 0.2) is 77.9 Å². The van der Waals surface area contributed by atoms with Gasteiger partial charge >= 0.3 is 0 Å². The third-order valence-corrected chi connectivity index (χ3v) is 4.42. The van der Waals surface area contributed by atoms with E-state index in [0.717, 1.165) is 33.0 Å². The quantitative estimate of drug-likeness (QED) is 0.415. The lowest BCUT2D eigenvalue weighted by Crippen LogP contribution is -2.19. The third-order valence-electron chi connectivity index (χ3n) is 4.42. The molecule has 138 valence electrons. The van der Waals surface area contributed by atoms with Crippen LogP contribution in [0.1, 0.15) is 23.0 Å². The van der Waals surface area contributed by atoms with Crippen molar-refractivity contribution in [3.05, 3.63) is 84.1 Å². The highest BCUT2D eigenvalue weighted by Gasteiger charge is 2.09. The van der Waals surface area contributed by atoms with Gasteiger partial charge in [0.2, 0.25) is 0 Å². The highest BCUT2D eigenvalue weighted by Crippen LogP contribution is 2.26. The van der Waals surface area contributed by atoms with Crippen LogP contribution in [0, 0.1) is 0 Å². The zero-order valence-electron chi connectivity index (χ0n) is 15.4. The number of carbonyl (C=O) groups excluding carboxylic acids is 1. The summed E-state index contributed by atoms with van der Waals surface area (Å²) in [5.74, 6) is 0.364. The molecule has 1 heterocycles. The van der Waals surface area contributed by atoms with Gasteiger partial charge in [-0.3, -0.25) is 4.79 Å². The Bertz CT molecular complexity index is 1180. The first kappa shape index (κ1) is 17.7. The molecule has 0 aliphatic carbocycles. The van der Waals surface area contributed by atoms with E-state index in [1.807, 2.05) is 73.7 Å². The molecule has 0 unspecified atom stereocenters. The standard InChI is InChI=1S/C23H19N3O2/c1-2-28-22-14-12-16-7-3-5-9-18(16)19(22)15-24-26-23(27)21-13-11-17-8-4-6-10-20(17)25-21/h3-15H,2H2,1H3,(H,26,27)/b24-15+. The summed E-state index contributed by atoms with van der Waals surface area (Å²) in [5.41, 5.74) is 4.47. The zero-order chi connectivity index (χ0) is 19.3. The number of hydrogen-bond acceptors (Lipinski definition) is 4. The van der Waals surface area contributed by atoms with Gasteiger partial charge in [0.1, 0.15) is 11.4 Å². The predicted molar refractivity (Wildman–Crippen MR) is 112 cm³/mol. The van der Waals surface area contributed by atoms with Crippen molar-refractivity contribution in [2.45, 2.75) is 6.92 Å². The molecule has 28 heavy (non-hydrogen) atoms. The van der Waals surface area contributed by atoms with Crippen molar-refractivity contribution in [3.8, 4) is 5.75 Å². The average molecular weight is 369 g/mol. The molecule has 0 aliphatic heterocycles. The van der Waals surface area contributed by atoms with E-state index in [0.29, 0.717) is 12.3 Å². The molecular weight excluding hydrogens is 350 g/mol. The van der Waals surface area contributed by atoms with Crippen molar-refractivity contribution >= 4 is 33.8 Å². The predicted octanol–water partition coefficient (Wildman–Crippen LogP) is 4.55. The molecule has 3 aromatic carbocycles. The number of carbonyl (C=O) groups is 1. The van der Waals surface area contributed by atoms with E-state index in [1.54, 1.807) is 12.3 Å². The molecule has 0 saturated heterocycles. The second kappa shape index (κ2) is 7.88. The van der Waals surface area contributed by atoms with Crippen molar-refractivity contribution < 1.29 is 9.53 Å². The van der Waals surface area contributed by atoms with Gasteiger partial charge in [-0.2, -0.15) is 5.10 Å². The van der Waals surface area contributed by atoms with Crippen LogP contribution >= 0.6 is 0 Å². The van der Waals surface area contributed by atoms with E-state index >= 15 is 0 Å². The fourth-order valence-electron chi connectivity index (χ4n) is 3.10. The highest BCUT2D eigenvalue weighted by molar-refractivity contribution is 6.03. The largest absolute Gasteiger partial charge is 0.493 e. The summed E-state index contributed by atoms with van der Waals surface area (Å²) >= 11 is 0. The van der Waals surface area contributed by atoms with Crippen LogP contribution in [0.2, 0.25) is 0 Å². The molecule has 4 aromatic rings. The molecule has 4 rings (SSSR count). The third kappa shape index (κ3) is 3.55. The second-order valence-electron chi connectivity index (χ2n) is 6.22. The number of nitrogens with one attached hydrogen (secondary N) is 1. The monoisotopic (exact) mass is 369 g/mol. The number of ether oxygens (including phenoxy) is 1. The fraction of sp³-hybridized carbons (Fsp3) is 0.0870. The fourth-order valence-corrected chi connectivity index (χ4v) is 3.10. The van der Waals surface area contributed by atoms with Gasteiger partial charge in [-0.1, -0.05) is 54.6 Å². The zero-order valence-corrected chi connectivity index (χ0v) is 15.4. The number of para-hydroxylation sites is 1. The van der Waals surface area contributed by atoms with Gasteiger partial charge in [0, 0.05) is 10.9 Å². The van der Waals surface area contributed by atoms with Crippen LogP contribution < -0.4 is 10.2 Å². The van der Waals surface area contributed by atoms with Crippen LogP contribution in [0.5, 0.6) is 5.75 Å². The Morgan fingerprint density at radius 1 is 1.00 bits per heavy atom. The van der Waals surface area contributed by atoms with Crippen LogP contribution in [0.3, 0.4) is 0 Å². The minimum Gasteiger partial charge on any atom is -0.493 e. The van der Waals surface area contributed by atoms with E-state index < -0.39 is 0 Å². The molecule has 0 fully saturated rings. The molecular formula is C23H19N3O2. The normalized spacial score (nSPS) is 11.2. The Morgan fingerprint density at radius 2 is 1.75 bits per heavy atom. The molecule has 0 aliphatic rings. The van der Waals surface area contributed by atoms with Crippen molar-refractivity contribution in [2.75, 3.05) is 6.61 Å². The van der Waals surface area contributed by atoms with Crippen LogP contribution in [-0.2, 0) is 0 Å². The second-order valence-corrected chi connectivity index (χ2v) is 6.22. The Balaban J connectivity index is 1.60. The van der Waals surface area contributed by atoms with E-state index in [9.17, 15) is 4.79 Å². The number of hydrogen-bond donors (Lipinski definition) is 1.